The molecule has 4 rings (SSSR count). The molecule has 4 heteroatoms. The van der Waals surface area contributed by atoms with E-state index in [-0.39, 0.29) is 22.9 Å². The number of amides is 2. The van der Waals surface area contributed by atoms with Gasteiger partial charge in [-0.05, 0) is 79.6 Å². The van der Waals surface area contributed by atoms with E-state index in [0.717, 1.165) is 31.6 Å². The standard InChI is InChI=1S/C20H30N2O2/c1-19-9-7-13(23)11-12(19)3-4-14-15-5-6-17(22-18(21)24)20(15,2)10-8-16(14)19/h11,14-17H,3-10H2,1-2H3,(H3,21,22,24)/t14-,15-,16-,17-,19-,20-/m0/s1. The molecule has 132 valence electrons. The number of nitrogens with two attached hydrogens (primary N) is 1. The molecule has 0 heterocycles. The molecule has 2 amide bonds. The lowest BCUT2D eigenvalue weighted by Crippen LogP contribution is -2.54. The third-order valence-corrected chi connectivity index (χ3v) is 8.28. The topological polar surface area (TPSA) is 72.2 Å². The van der Waals surface area contributed by atoms with Crippen molar-refractivity contribution in [3.05, 3.63) is 11.6 Å². The largest absolute Gasteiger partial charge is 0.352 e. The van der Waals surface area contributed by atoms with Gasteiger partial charge in [0.25, 0.3) is 0 Å². The van der Waals surface area contributed by atoms with Gasteiger partial charge in [-0.15, -0.1) is 0 Å². The number of ketones is 1. The maximum absolute atomic E-state index is 11.9. The highest BCUT2D eigenvalue weighted by Gasteiger charge is 2.59. The van der Waals surface area contributed by atoms with Gasteiger partial charge in [-0.25, -0.2) is 4.79 Å². The van der Waals surface area contributed by atoms with E-state index in [1.807, 2.05) is 6.08 Å². The highest BCUT2D eigenvalue weighted by atomic mass is 16.2. The van der Waals surface area contributed by atoms with Crippen LogP contribution in [-0.4, -0.2) is 17.9 Å². The number of allylic oxidation sites excluding steroid dienone is 1. The van der Waals surface area contributed by atoms with E-state index in [1.165, 1.54) is 31.3 Å². The van der Waals surface area contributed by atoms with Crippen LogP contribution in [-0.2, 0) is 4.79 Å². The summed E-state index contributed by atoms with van der Waals surface area (Å²) in [5.74, 6) is 2.45. The summed E-state index contributed by atoms with van der Waals surface area (Å²) in [6, 6.07) is -0.144. The molecule has 0 radical (unpaired) electrons. The van der Waals surface area contributed by atoms with Crippen LogP contribution in [0.5, 0.6) is 0 Å². The molecule has 3 saturated carbocycles. The van der Waals surface area contributed by atoms with Crippen molar-refractivity contribution in [2.45, 2.75) is 71.3 Å². The summed E-state index contributed by atoms with van der Waals surface area (Å²) in [5, 5.41) is 3.03. The van der Waals surface area contributed by atoms with Crippen molar-refractivity contribution in [2.24, 2.45) is 34.3 Å². The average Bonchev–Trinajstić information content (AvgIpc) is 2.84. The third kappa shape index (κ3) is 2.18. The molecule has 0 aromatic heterocycles. The number of carbonyl (C=O) groups is 2. The van der Waals surface area contributed by atoms with Crippen LogP contribution < -0.4 is 11.1 Å². The van der Waals surface area contributed by atoms with Gasteiger partial charge in [-0.1, -0.05) is 19.4 Å². The first kappa shape index (κ1) is 16.2. The predicted molar refractivity (Wildman–Crippen MR) is 93.2 cm³/mol. The van der Waals surface area contributed by atoms with E-state index >= 15 is 0 Å². The minimum absolute atomic E-state index is 0.193. The van der Waals surface area contributed by atoms with Gasteiger partial charge in [0.05, 0.1) is 0 Å². The van der Waals surface area contributed by atoms with Gasteiger partial charge in [0.15, 0.2) is 5.78 Å². The van der Waals surface area contributed by atoms with Crippen LogP contribution in [0.25, 0.3) is 0 Å². The Kier molecular flexibility index (Phi) is 3.59. The summed E-state index contributed by atoms with van der Waals surface area (Å²) in [6.07, 6.45) is 10.7. The summed E-state index contributed by atoms with van der Waals surface area (Å²) in [4.78, 5) is 23.3. The fourth-order valence-electron chi connectivity index (χ4n) is 6.97. The Morgan fingerprint density at radius 2 is 1.92 bits per heavy atom. The lowest BCUT2D eigenvalue weighted by Gasteiger charge is -2.58. The number of nitrogens with one attached hydrogen (secondary N) is 1. The summed E-state index contributed by atoms with van der Waals surface area (Å²) >= 11 is 0. The second-order valence-electron chi connectivity index (χ2n) is 9.15. The van der Waals surface area contributed by atoms with Crippen molar-refractivity contribution in [2.75, 3.05) is 0 Å². The Hall–Kier alpha value is -1.32. The lowest BCUT2D eigenvalue weighted by molar-refractivity contribution is -0.117. The Bertz CT molecular complexity index is 613. The van der Waals surface area contributed by atoms with E-state index in [2.05, 4.69) is 19.2 Å². The highest BCUT2D eigenvalue weighted by Crippen LogP contribution is 2.65. The third-order valence-electron chi connectivity index (χ3n) is 8.28. The average molecular weight is 330 g/mol. The summed E-state index contributed by atoms with van der Waals surface area (Å²) in [6.45, 7) is 4.79. The van der Waals surface area contributed by atoms with Gasteiger partial charge in [0.2, 0.25) is 0 Å². The first-order valence-electron chi connectivity index (χ1n) is 9.64. The van der Waals surface area contributed by atoms with Crippen LogP contribution in [0.1, 0.15) is 65.2 Å². The number of hydrogen-bond donors (Lipinski definition) is 2. The molecular formula is C20H30N2O2. The number of urea groups is 1. The van der Waals surface area contributed by atoms with Crippen LogP contribution >= 0.6 is 0 Å². The maximum Gasteiger partial charge on any atom is 0.312 e. The molecule has 3 N–H and O–H groups in total. The minimum Gasteiger partial charge on any atom is -0.352 e. The summed E-state index contributed by atoms with van der Waals surface area (Å²) < 4.78 is 0. The van der Waals surface area contributed by atoms with E-state index in [1.54, 1.807) is 0 Å². The first-order chi connectivity index (χ1) is 11.3. The Morgan fingerprint density at radius 3 is 2.67 bits per heavy atom. The van der Waals surface area contributed by atoms with E-state index in [0.29, 0.717) is 17.6 Å². The van der Waals surface area contributed by atoms with Crippen molar-refractivity contribution in [1.29, 1.82) is 0 Å². The number of primary amides is 1. The monoisotopic (exact) mass is 330 g/mol. The van der Waals surface area contributed by atoms with Gasteiger partial charge in [-0.3, -0.25) is 4.79 Å². The fourth-order valence-corrected chi connectivity index (χ4v) is 6.97. The van der Waals surface area contributed by atoms with Gasteiger partial charge in [0, 0.05) is 12.5 Å². The fraction of sp³-hybridized carbons (Fsp3) is 0.800. The molecule has 24 heavy (non-hydrogen) atoms. The zero-order valence-corrected chi connectivity index (χ0v) is 14.9. The Labute approximate surface area is 144 Å². The number of carbonyl (C=O) groups excluding carboxylic acids is 2. The van der Waals surface area contributed by atoms with Gasteiger partial charge in [0.1, 0.15) is 0 Å². The van der Waals surface area contributed by atoms with Gasteiger partial charge < -0.3 is 11.1 Å². The summed E-state index contributed by atoms with van der Waals surface area (Å²) in [7, 11) is 0. The van der Waals surface area contributed by atoms with E-state index < -0.39 is 0 Å². The molecule has 3 fully saturated rings. The smallest absolute Gasteiger partial charge is 0.312 e. The number of fused-ring (bicyclic) bond motifs is 5. The molecule has 0 saturated heterocycles. The maximum atomic E-state index is 11.9. The molecule has 4 nitrogen and oxygen atoms in total. The Morgan fingerprint density at radius 1 is 1.12 bits per heavy atom. The van der Waals surface area contributed by atoms with Crippen LogP contribution in [0.2, 0.25) is 0 Å². The van der Waals surface area contributed by atoms with Crippen LogP contribution in [0, 0.1) is 28.6 Å². The van der Waals surface area contributed by atoms with Crippen molar-refractivity contribution in [3.63, 3.8) is 0 Å². The normalized spacial score (nSPS) is 47.2. The lowest BCUT2D eigenvalue weighted by atomic mass is 9.47. The van der Waals surface area contributed by atoms with E-state index in [4.69, 9.17) is 5.73 Å². The van der Waals surface area contributed by atoms with Crippen molar-refractivity contribution in [3.8, 4) is 0 Å². The Balaban J connectivity index is 1.62. The second kappa shape index (κ2) is 5.34. The van der Waals surface area contributed by atoms with Crippen LogP contribution in [0.4, 0.5) is 4.79 Å². The zero-order chi connectivity index (χ0) is 17.1. The van der Waals surface area contributed by atoms with Crippen LogP contribution in [0.15, 0.2) is 11.6 Å². The van der Waals surface area contributed by atoms with Gasteiger partial charge in [-0.2, -0.15) is 0 Å². The minimum atomic E-state index is -0.379. The molecule has 0 aromatic carbocycles. The molecule has 4 aliphatic carbocycles. The second-order valence-corrected chi connectivity index (χ2v) is 9.15. The van der Waals surface area contributed by atoms with E-state index in [9.17, 15) is 9.59 Å². The zero-order valence-electron chi connectivity index (χ0n) is 14.9. The first-order valence-corrected chi connectivity index (χ1v) is 9.64. The molecule has 6 atom stereocenters. The van der Waals surface area contributed by atoms with Crippen LogP contribution in [0.3, 0.4) is 0 Å². The molecule has 0 aliphatic heterocycles. The molecule has 0 spiro atoms. The summed E-state index contributed by atoms with van der Waals surface area (Å²) in [5.41, 5.74) is 7.26. The molecular weight excluding hydrogens is 300 g/mol. The highest BCUT2D eigenvalue weighted by molar-refractivity contribution is 5.91. The van der Waals surface area contributed by atoms with Crippen molar-refractivity contribution in [1.82, 2.24) is 5.32 Å². The number of rotatable bonds is 1. The number of hydrogen-bond acceptors (Lipinski definition) is 2. The molecule has 0 bridgehead atoms. The van der Waals surface area contributed by atoms with Crippen molar-refractivity contribution < 1.29 is 9.59 Å². The predicted octanol–water partition coefficient (Wildman–Crippen LogP) is 3.56. The van der Waals surface area contributed by atoms with Gasteiger partial charge >= 0.3 is 6.03 Å². The SMILES string of the molecule is C[C@]12CC[C@H]3[C@@H](CCC4=CC(=O)CC[C@@]43C)[C@@H]1CC[C@@H]2NC(N)=O. The molecule has 0 unspecified atom stereocenters. The molecule has 0 aromatic rings. The quantitative estimate of drug-likeness (QED) is 0.771. The van der Waals surface area contributed by atoms with Crippen molar-refractivity contribution >= 4 is 11.8 Å². The molecule has 4 aliphatic rings.